The molecule has 2 rings (SSSR count). The SMILES string of the molecule is COc1ccc(CC(=O)N2CCSCC2C(=O)O)cc1F. The number of aliphatic carboxylic acids is 1. The summed E-state index contributed by atoms with van der Waals surface area (Å²) in [7, 11) is 1.37. The molecule has 0 spiro atoms. The van der Waals surface area contributed by atoms with Crippen LogP contribution in [0.2, 0.25) is 0 Å². The van der Waals surface area contributed by atoms with E-state index in [4.69, 9.17) is 9.84 Å². The van der Waals surface area contributed by atoms with E-state index in [9.17, 15) is 14.0 Å². The Bertz CT molecular complexity index is 552. The van der Waals surface area contributed by atoms with E-state index in [2.05, 4.69) is 0 Å². The van der Waals surface area contributed by atoms with Gasteiger partial charge in [0.15, 0.2) is 11.6 Å². The number of carboxylic acids is 1. The van der Waals surface area contributed by atoms with Gasteiger partial charge in [0.2, 0.25) is 5.91 Å². The van der Waals surface area contributed by atoms with Gasteiger partial charge in [-0.2, -0.15) is 11.8 Å². The molecule has 1 aliphatic rings. The first-order valence-corrected chi connectivity index (χ1v) is 7.61. The van der Waals surface area contributed by atoms with Crippen molar-refractivity contribution in [3.63, 3.8) is 0 Å². The van der Waals surface area contributed by atoms with Gasteiger partial charge in [-0.3, -0.25) is 4.79 Å². The highest BCUT2D eigenvalue weighted by molar-refractivity contribution is 7.99. The Kier molecular flexibility index (Phi) is 5.06. The van der Waals surface area contributed by atoms with E-state index in [0.29, 0.717) is 23.6 Å². The molecule has 0 aromatic heterocycles. The summed E-state index contributed by atoms with van der Waals surface area (Å²) in [5.74, 6) is -0.621. The quantitative estimate of drug-likeness (QED) is 0.910. The predicted octanol–water partition coefficient (Wildman–Crippen LogP) is 1.41. The van der Waals surface area contributed by atoms with E-state index in [1.807, 2.05) is 0 Å². The van der Waals surface area contributed by atoms with Crippen molar-refractivity contribution in [2.24, 2.45) is 0 Å². The number of carbonyl (C=O) groups is 2. The Morgan fingerprint density at radius 2 is 2.29 bits per heavy atom. The Morgan fingerprint density at radius 3 is 2.90 bits per heavy atom. The maximum absolute atomic E-state index is 13.6. The molecule has 5 nitrogen and oxygen atoms in total. The Labute approximate surface area is 126 Å². The number of halogens is 1. The van der Waals surface area contributed by atoms with Gasteiger partial charge in [0.25, 0.3) is 0 Å². The van der Waals surface area contributed by atoms with Crippen LogP contribution >= 0.6 is 11.8 Å². The molecule has 1 aliphatic heterocycles. The number of methoxy groups -OCH3 is 1. The first-order chi connectivity index (χ1) is 10.0. The van der Waals surface area contributed by atoms with Crippen LogP contribution in [0.25, 0.3) is 0 Å². The molecule has 1 atom stereocenters. The summed E-state index contributed by atoms with van der Waals surface area (Å²) < 4.78 is 18.4. The average Bonchev–Trinajstić information content (AvgIpc) is 2.47. The van der Waals surface area contributed by atoms with Crippen LogP contribution in [0.1, 0.15) is 5.56 Å². The zero-order valence-corrected chi connectivity index (χ0v) is 12.4. The zero-order valence-electron chi connectivity index (χ0n) is 11.5. The molecule has 1 saturated heterocycles. The van der Waals surface area contributed by atoms with Gasteiger partial charge in [-0.05, 0) is 17.7 Å². The Balaban J connectivity index is 2.09. The van der Waals surface area contributed by atoms with Crippen LogP contribution in [-0.2, 0) is 16.0 Å². The fraction of sp³-hybridized carbons (Fsp3) is 0.429. The molecular formula is C14H16FNO4S. The number of carboxylic acid groups (broad SMARTS) is 1. The van der Waals surface area contributed by atoms with E-state index < -0.39 is 17.8 Å². The summed E-state index contributed by atoms with van der Waals surface area (Å²) in [5, 5.41) is 9.15. The second-order valence-corrected chi connectivity index (χ2v) is 5.81. The number of benzene rings is 1. The largest absolute Gasteiger partial charge is 0.494 e. The molecule has 1 fully saturated rings. The highest BCUT2D eigenvalue weighted by atomic mass is 32.2. The zero-order chi connectivity index (χ0) is 15.4. The molecule has 114 valence electrons. The molecule has 1 unspecified atom stereocenters. The number of hydrogen-bond donors (Lipinski definition) is 1. The molecule has 1 heterocycles. The Hall–Kier alpha value is -1.76. The van der Waals surface area contributed by atoms with Crippen LogP contribution in [0.4, 0.5) is 4.39 Å². The van der Waals surface area contributed by atoms with E-state index in [-0.39, 0.29) is 18.1 Å². The molecular weight excluding hydrogens is 297 g/mol. The lowest BCUT2D eigenvalue weighted by molar-refractivity contribution is -0.148. The maximum atomic E-state index is 13.6. The topological polar surface area (TPSA) is 66.8 Å². The smallest absolute Gasteiger partial charge is 0.327 e. The lowest BCUT2D eigenvalue weighted by Gasteiger charge is -2.32. The molecule has 0 radical (unpaired) electrons. The molecule has 1 aromatic carbocycles. The molecule has 21 heavy (non-hydrogen) atoms. The third-order valence-corrected chi connectivity index (χ3v) is 4.33. The van der Waals surface area contributed by atoms with Gasteiger partial charge >= 0.3 is 5.97 Å². The van der Waals surface area contributed by atoms with E-state index in [0.717, 1.165) is 0 Å². The number of rotatable bonds is 4. The summed E-state index contributed by atoms with van der Waals surface area (Å²) in [5.41, 5.74) is 0.501. The minimum Gasteiger partial charge on any atom is -0.494 e. The minimum absolute atomic E-state index is 0.0185. The van der Waals surface area contributed by atoms with Crippen molar-refractivity contribution in [1.82, 2.24) is 4.90 Å². The van der Waals surface area contributed by atoms with E-state index >= 15 is 0 Å². The minimum atomic E-state index is -1.00. The fourth-order valence-electron chi connectivity index (χ4n) is 2.20. The van der Waals surface area contributed by atoms with Crippen molar-refractivity contribution in [1.29, 1.82) is 0 Å². The molecule has 1 N–H and O–H groups in total. The van der Waals surface area contributed by atoms with Crippen LogP contribution in [0, 0.1) is 5.82 Å². The number of thioether (sulfide) groups is 1. The Morgan fingerprint density at radius 1 is 1.52 bits per heavy atom. The molecule has 0 bridgehead atoms. The number of ether oxygens (including phenoxy) is 1. The standard InChI is InChI=1S/C14H16FNO4S/c1-20-12-3-2-9(6-10(12)15)7-13(17)16-4-5-21-8-11(16)14(18)19/h2-3,6,11H,4-5,7-8H2,1H3,(H,18,19). The van der Waals surface area contributed by atoms with Gasteiger partial charge in [0.1, 0.15) is 6.04 Å². The lowest BCUT2D eigenvalue weighted by Crippen LogP contribution is -2.50. The third kappa shape index (κ3) is 3.66. The first kappa shape index (κ1) is 15.6. The summed E-state index contributed by atoms with van der Waals surface area (Å²) in [4.78, 5) is 24.8. The maximum Gasteiger partial charge on any atom is 0.327 e. The van der Waals surface area contributed by atoms with Crippen LogP contribution in [0.15, 0.2) is 18.2 Å². The normalized spacial score (nSPS) is 18.4. The fourth-order valence-corrected chi connectivity index (χ4v) is 3.24. The van der Waals surface area contributed by atoms with Crippen molar-refractivity contribution >= 4 is 23.6 Å². The van der Waals surface area contributed by atoms with Gasteiger partial charge in [0.05, 0.1) is 13.5 Å². The van der Waals surface area contributed by atoms with Crippen LogP contribution in [0.3, 0.4) is 0 Å². The second kappa shape index (κ2) is 6.80. The first-order valence-electron chi connectivity index (χ1n) is 6.45. The molecule has 1 amide bonds. The van der Waals surface area contributed by atoms with Gasteiger partial charge in [-0.15, -0.1) is 0 Å². The van der Waals surface area contributed by atoms with Gasteiger partial charge in [0, 0.05) is 18.1 Å². The van der Waals surface area contributed by atoms with Gasteiger partial charge in [-0.25, -0.2) is 9.18 Å². The number of nitrogens with zero attached hydrogens (tertiary/aromatic N) is 1. The van der Waals surface area contributed by atoms with Crippen molar-refractivity contribution < 1.29 is 23.8 Å². The molecule has 0 saturated carbocycles. The molecule has 7 heteroatoms. The van der Waals surface area contributed by atoms with E-state index in [1.54, 1.807) is 6.07 Å². The van der Waals surface area contributed by atoms with Crippen molar-refractivity contribution in [3.8, 4) is 5.75 Å². The monoisotopic (exact) mass is 313 g/mol. The van der Waals surface area contributed by atoms with Crippen molar-refractivity contribution in [2.75, 3.05) is 25.2 Å². The third-order valence-electron chi connectivity index (χ3n) is 3.31. The second-order valence-electron chi connectivity index (χ2n) is 4.66. The molecule has 1 aromatic rings. The van der Waals surface area contributed by atoms with Crippen molar-refractivity contribution in [3.05, 3.63) is 29.6 Å². The lowest BCUT2D eigenvalue weighted by atomic mass is 10.1. The summed E-state index contributed by atoms with van der Waals surface area (Å²) in [6.07, 6.45) is -0.0185. The van der Waals surface area contributed by atoms with Gasteiger partial charge in [-0.1, -0.05) is 6.07 Å². The molecule has 0 aliphatic carbocycles. The van der Waals surface area contributed by atoms with Crippen LogP contribution in [0.5, 0.6) is 5.75 Å². The van der Waals surface area contributed by atoms with Crippen LogP contribution in [-0.4, -0.2) is 53.1 Å². The predicted molar refractivity (Wildman–Crippen MR) is 77.1 cm³/mol. The summed E-state index contributed by atoms with van der Waals surface area (Å²) in [6.45, 7) is 0.402. The number of hydrogen-bond acceptors (Lipinski definition) is 4. The summed E-state index contributed by atoms with van der Waals surface area (Å²) in [6, 6.07) is 3.50. The van der Waals surface area contributed by atoms with E-state index in [1.165, 1.54) is 35.9 Å². The van der Waals surface area contributed by atoms with Crippen molar-refractivity contribution in [2.45, 2.75) is 12.5 Å². The highest BCUT2D eigenvalue weighted by Gasteiger charge is 2.32. The summed E-state index contributed by atoms with van der Waals surface area (Å²) >= 11 is 1.51. The van der Waals surface area contributed by atoms with Gasteiger partial charge < -0.3 is 14.7 Å². The number of amides is 1. The highest BCUT2D eigenvalue weighted by Crippen LogP contribution is 2.21. The van der Waals surface area contributed by atoms with Crippen LogP contribution < -0.4 is 4.74 Å². The number of carbonyl (C=O) groups excluding carboxylic acids is 1. The average molecular weight is 313 g/mol.